The molecule has 1 aliphatic rings. The van der Waals surface area contributed by atoms with Crippen molar-refractivity contribution in [1.82, 2.24) is 5.32 Å². The van der Waals surface area contributed by atoms with Crippen LogP contribution < -0.4 is 11.1 Å². The number of amides is 1. The average molecular weight is 248 g/mol. The summed E-state index contributed by atoms with van der Waals surface area (Å²) in [6, 6.07) is 5.50. The second-order valence-electron chi connectivity index (χ2n) is 5.03. The molecule has 1 aromatic carbocycles. The zero-order valence-corrected chi connectivity index (χ0v) is 10.6. The van der Waals surface area contributed by atoms with E-state index in [-0.39, 0.29) is 23.7 Å². The molecule has 1 fully saturated rings. The standard InChI is InChI=1S/C14H20N2O2/c1-9-12(3-2-4-13(9)17)14(18)16-11-7-5-10(15)6-8-11/h2-4,10-11,17H,5-8,15H2,1H3,(H,16,18). The highest BCUT2D eigenvalue weighted by atomic mass is 16.3. The molecule has 0 radical (unpaired) electrons. The summed E-state index contributed by atoms with van der Waals surface area (Å²) in [5.41, 5.74) is 7.01. The SMILES string of the molecule is Cc1c(O)cccc1C(=O)NC1CCC(N)CC1. The summed E-state index contributed by atoms with van der Waals surface area (Å²) in [7, 11) is 0. The molecule has 0 heterocycles. The molecular formula is C14H20N2O2. The zero-order chi connectivity index (χ0) is 13.1. The van der Waals surface area contributed by atoms with Crippen LogP contribution in [-0.4, -0.2) is 23.1 Å². The highest BCUT2D eigenvalue weighted by Crippen LogP contribution is 2.21. The molecule has 4 N–H and O–H groups in total. The summed E-state index contributed by atoms with van der Waals surface area (Å²) >= 11 is 0. The Morgan fingerprint density at radius 3 is 2.67 bits per heavy atom. The Morgan fingerprint density at radius 1 is 1.33 bits per heavy atom. The molecule has 0 spiro atoms. The van der Waals surface area contributed by atoms with E-state index in [0.717, 1.165) is 25.7 Å². The van der Waals surface area contributed by atoms with Crippen molar-refractivity contribution in [3.8, 4) is 5.75 Å². The Bertz CT molecular complexity index is 437. The molecule has 1 amide bonds. The number of nitrogens with two attached hydrogens (primary N) is 1. The van der Waals surface area contributed by atoms with Crippen LogP contribution in [0.15, 0.2) is 18.2 Å². The summed E-state index contributed by atoms with van der Waals surface area (Å²) in [5, 5.41) is 12.6. The van der Waals surface area contributed by atoms with Crippen molar-refractivity contribution in [2.45, 2.75) is 44.7 Å². The minimum Gasteiger partial charge on any atom is -0.508 e. The van der Waals surface area contributed by atoms with Gasteiger partial charge in [0.25, 0.3) is 5.91 Å². The fourth-order valence-corrected chi connectivity index (χ4v) is 2.40. The van der Waals surface area contributed by atoms with Gasteiger partial charge in [-0.25, -0.2) is 0 Å². The van der Waals surface area contributed by atoms with Crippen LogP contribution in [0, 0.1) is 6.92 Å². The average Bonchev–Trinajstić information content (AvgIpc) is 2.35. The van der Waals surface area contributed by atoms with E-state index >= 15 is 0 Å². The van der Waals surface area contributed by atoms with Gasteiger partial charge >= 0.3 is 0 Å². The maximum atomic E-state index is 12.1. The molecule has 98 valence electrons. The minimum absolute atomic E-state index is 0.108. The third-order valence-electron chi connectivity index (χ3n) is 3.66. The number of phenolic OH excluding ortho intramolecular Hbond substituents is 1. The molecule has 1 aromatic rings. The monoisotopic (exact) mass is 248 g/mol. The molecule has 4 nitrogen and oxygen atoms in total. The van der Waals surface area contributed by atoms with E-state index in [2.05, 4.69) is 5.32 Å². The molecule has 0 bridgehead atoms. The second kappa shape index (κ2) is 5.40. The third kappa shape index (κ3) is 2.82. The highest BCUT2D eigenvalue weighted by Gasteiger charge is 2.21. The number of nitrogens with one attached hydrogen (secondary N) is 1. The first-order valence-corrected chi connectivity index (χ1v) is 6.43. The van der Waals surface area contributed by atoms with Gasteiger partial charge in [0, 0.05) is 23.2 Å². The molecule has 1 saturated carbocycles. The first kappa shape index (κ1) is 12.9. The van der Waals surface area contributed by atoms with Crippen molar-refractivity contribution in [3.63, 3.8) is 0 Å². The molecule has 1 aliphatic carbocycles. The predicted octanol–water partition coefficient (Wildman–Crippen LogP) is 1.70. The van der Waals surface area contributed by atoms with Crippen LogP contribution in [0.2, 0.25) is 0 Å². The second-order valence-corrected chi connectivity index (χ2v) is 5.03. The zero-order valence-electron chi connectivity index (χ0n) is 10.6. The lowest BCUT2D eigenvalue weighted by Crippen LogP contribution is -2.40. The highest BCUT2D eigenvalue weighted by molar-refractivity contribution is 5.96. The van der Waals surface area contributed by atoms with Crippen LogP contribution in [0.5, 0.6) is 5.75 Å². The molecule has 0 aliphatic heterocycles. The van der Waals surface area contributed by atoms with Crippen LogP contribution in [0.1, 0.15) is 41.6 Å². The quantitative estimate of drug-likeness (QED) is 0.745. The van der Waals surface area contributed by atoms with Gasteiger partial charge in [0.15, 0.2) is 0 Å². The lowest BCUT2D eigenvalue weighted by atomic mass is 9.91. The molecule has 4 heteroatoms. The topological polar surface area (TPSA) is 75.3 Å². The summed E-state index contributed by atoms with van der Waals surface area (Å²) < 4.78 is 0. The van der Waals surface area contributed by atoms with Gasteiger partial charge in [-0.15, -0.1) is 0 Å². The maximum Gasteiger partial charge on any atom is 0.251 e. The van der Waals surface area contributed by atoms with E-state index in [9.17, 15) is 9.90 Å². The third-order valence-corrected chi connectivity index (χ3v) is 3.66. The first-order chi connectivity index (χ1) is 8.58. The van der Waals surface area contributed by atoms with Crippen LogP contribution in [0.4, 0.5) is 0 Å². The van der Waals surface area contributed by atoms with Gasteiger partial charge in [-0.3, -0.25) is 4.79 Å². The van der Waals surface area contributed by atoms with Crippen molar-refractivity contribution in [3.05, 3.63) is 29.3 Å². The molecule has 2 rings (SSSR count). The van der Waals surface area contributed by atoms with Crippen molar-refractivity contribution in [1.29, 1.82) is 0 Å². The number of hydrogen-bond acceptors (Lipinski definition) is 3. The van der Waals surface area contributed by atoms with Gasteiger partial charge in [-0.2, -0.15) is 0 Å². The lowest BCUT2D eigenvalue weighted by Gasteiger charge is -2.27. The fourth-order valence-electron chi connectivity index (χ4n) is 2.40. The van der Waals surface area contributed by atoms with Crippen molar-refractivity contribution < 1.29 is 9.90 Å². The summed E-state index contributed by atoms with van der Waals surface area (Å²) in [6.45, 7) is 1.75. The summed E-state index contributed by atoms with van der Waals surface area (Å²) in [5.74, 6) is 0.0530. The number of benzene rings is 1. The number of phenols is 1. The van der Waals surface area contributed by atoms with Gasteiger partial charge in [0.2, 0.25) is 0 Å². The molecule has 0 atom stereocenters. The maximum absolute atomic E-state index is 12.1. The Kier molecular flexibility index (Phi) is 3.87. The van der Waals surface area contributed by atoms with Crippen LogP contribution >= 0.6 is 0 Å². The molecule has 18 heavy (non-hydrogen) atoms. The Labute approximate surface area is 107 Å². The van der Waals surface area contributed by atoms with Gasteiger partial charge in [-0.05, 0) is 44.7 Å². The summed E-state index contributed by atoms with van der Waals surface area (Å²) in [6.07, 6.45) is 3.80. The van der Waals surface area contributed by atoms with Crippen molar-refractivity contribution >= 4 is 5.91 Å². The van der Waals surface area contributed by atoms with Gasteiger partial charge in [0.1, 0.15) is 5.75 Å². The van der Waals surface area contributed by atoms with Crippen LogP contribution in [0.3, 0.4) is 0 Å². The van der Waals surface area contributed by atoms with Crippen LogP contribution in [0.25, 0.3) is 0 Å². The minimum atomic E-state index is -0.108. The van der Waals surface area contributed by atoms with Gasteiger partial charge in [-0.1, -0.05) is 6.07 Å². The largest absolute Gasteiger partial charge is 0.508 e. The van der Waals surface area contributed by atoms with Gasteiger partial charge < -0.3 is 16.2 Å². The van der Waals surface area contributed by atoms with E-state index in [4.69, 9.17) is 5.73 Å². The number of hydrogen-bond donors (Lipinski definition) is 3. The molecule has 0 saturated heterocycles. The number of carbonyl (C=O) groups is 1. The normalized spacial score (nSPS) is 23.7. The number of carbonyl (C=O) groups excluding carboxylic acids is 1. The van der Waals surface area contributed by atoms with E-state index in [1.54, 1.807) is 25.1 Å². The fraction of sp³-hybridized carbons (Fsp3) is 0.500. The van der Waals surface area contributed by atoms with E-state index in [1.165, 1.54) is 0 Å². The first-order valence-electron chi connectivity index (χ1n) is 6.43. The Hall–Kier alpha value is -1.55. The smallest absolute Gasteiger partial charge is 0.251 e. The van der Waals surface area contributed by atoms with Gasteiger partial charge in [0.05, 0.1) is 0 Å². The predicted molar refractivity (Wildman–Crippen MR) is 70.5 cm³/mol. The number of aromatic hydroxyl groups is 1. The Morgan fingerprint density at radius 2 is 2.00 bits per heavy atom. The molecule has 0 unspecified atom stereocenters. The lowest BCUT2D eigenvalue weighted by molar-refractivity contribution is 0.0925. The van der Waals surface area contributed by atoms with Crippen LogP contribution in [-0.2, 0) is 0 Å². The molecular weight excluding hydrogens is 228 g/mol. The Balaban J connectivity index is 2.01. The van der Waals surface area contributed by atoms with E-state index in [1.807, 2.05) is 0 Å². The van der Waals surface area contributed by atoms with Crippen molar-refractivity contribution in [2.24, 2.45) is 5.73 Å². The van der Waals surface area contributed by atoms with Crippen molar-refractivity contribution in [2.75, 3.05) is 0 Å². The summed E-state index contributed by atoms with van der Waals surface area (Å²) in [4.78, 5) is 12.1. The van der Waals surface area contributed by atoms with E-state index < -0.39 is 0 Å². The molecule has 0 aromatic heterocycles. The number of rotatable bonds is 2. The van der Waals surface area contributed by atoms with E-state index in [0.29, 0.717) is 11.1 Å².